The molecule has 1 aliphatic rings. The number of aromatic nitrogens is 3. The quantitative estimate of drug-likeness (QED) is 0.572. The molecule has 0 aliphatic carbocycles. The molecule has 3 heterocycles. The molecule has 0 saturated carbocycles. The summed E-state index contributed by atoms with van der Waals surface area (Å²) in [6.45, 7) is 5.65. The van der Waals surface area contributed by atoms with Gasteiger partial charge in [-0.05, 0) is 50.6 Å². The van der Waals surface area contributed by atoms with Gasteiger partial charge in [-0.1, -0.05) is 42.0 Å². The van der Waals surface area contributed by atoms with E-state index in [1.165, 1.54) is 15.9 Å². The molecule has 4 rings (SSSR count). The third kappa shape index (κ3) is 4.04. The number of esters is 1. The molecule has 3 aromatic rings. The van der Waals surface area contributed by atoms with Crippen molar-refractivity contribution in [3.05, 3.63) is 45.6 Å². The van der Waals surface area contributed by atoms with Gasteiger partial charge in [-0.2, -0.15) is 4.52 Å². The zero-order valence-electron chi connectivity index (χ0n) is 17.0. The zero-order chi connectivity index (χ0) is 21.3. The van der Waals surface area contributed by atoms with Crippen LogP contribution in [0.3, 0.4) is 0 Å². The van der Waals surface area contributed by atoms with Gasteiger partial charge < -0.3 is 9.84 Å². The van der Waals surface area contributed by atoms with Crippen molar-refractivity contribution in [1.29, 1.82) is 0 Å². The number of benzene rings is 1. The topological polar surface area (TPSA) is 80.0 Å². The van der Waals surface area contributed by atoms with Crippen molar-refractivity contribution in [3.8, 4) is 5.88 Å². The second-order valence-corrected chi connectivity index (χ2v) is 8.83. The predicted octanol–water partition coefficient (Wildman–Crippen LogP) is 4.08. The number of rotatable bonds is 6. The molecule has 1 saturated heterocycles. The van der Waals surface area contributed by atoms with Gasteiger partial charge in [0.2, 0.25) is 10.8 Å². The minimum atomic E-state index is -0.189. The molecule has 0 bridgehead atoms. The van der Waals surface area contributed by atoms with Crippen LogP contribution in [0.15, 0.2) is 24.3 Å². The summed E-state index contributed by atoms with van der Waals surface area (Å²) in [6.07, 6.45) is 2.15. The van der Waals surface area contributed by atoms with Crippen molar-refractivity contribution in [3.63, 3.8) is 0 Å². The Morgan fingerprint density at radius 3 is 2.77 bits per heavy atom. The van der Waals surface area contributed by atoms with Gasteiger partial charge in [0, 0.05) is 11.4 Å². The summed E-state index contributed by atoms with van der Waals surface area (Å²) < 4.78 is 6.72. The molecule has 1 aliphatic heterocycles. The van der Waals surface area contributed by atoms with Gasteiger partial charge in [0.1, 0.15) is 0 Å². The van der Waals surface area contributed by atoms with E-state index in [0.717, 1.165) is 23.3 Å². The fourth-order valence-corrected chi connectivity index (χ4v) is 5.31. The standard InChI is InChI=1S/C21H25ClN4O3S/c1-3-16-23-21-26(24-16)19(27)18(30-21)17(14-6-5-7-15(22)12-14)25-10-8-13(9-11-25)20(28)29-4-2/h5-7,12-13,17,27H,3-4,8-11H2,1-2H3. The average Bonchev–Trinajstić information content (AvgIpc) is 3.28. The summed E-state index contributed by atoms with van der Waals surface area (Å²) in [4.78, 5) is 20.4. The van der Waals surface area contributed by atoms with Crippen LogP contribution < -0.4 is 0 Å². The van der Waals surface area contributed by atoms with Crippen molar-refractivity contribution in [2.24, 2.45) is 5.92 Å². The van der Waals surface area contributed by atoms with Crippen molar-refractivity contribution >= 4 is 33.9 Å². The number of thiazole rings is 1. The van der Waals surface area contributed by atoms with Crippen LogP contribution in [0.4, 0.5) is 0 Å². The monoisotopic (exact) mass is 448 g/mol. The number of piperidine rings is 1. The number of carbonyl (C=O) groups excluding carboxylic acids is 1. The minimum absolute atomic E-state index is 0.0794. The molecule has 0 amide bonds. The fraction of sp³-hybridized carbons (Fsp3) is 0.476. The van der Waals surface area contributed by atoms with Crippen molar-refractivity contribution in [2.45, 2.75) is 39.2 Å². The van der Waals surface area contributed by atoms with E-state index in [4.69, 9.17) is 16.3 Å². The lowest BCUT2D eigenvalue weighted by molar-refractivity contribution is -0.149. The number of aryl methyl sites for hydroxylation is 1. The summed E-state index contributed by atoms with van der Waals surface area (Å²) in [5.74, 6) is 0.617. The van der Waals surface area contributed by atoms with Crippen molar-refractivity contribution in [2.75, 3.05) is 19.7 Å². The molecule has 1 aromatic carbocycles. The van der Waals surface area contributed by atoms with E-state index in [0.29, 0.717) is 41.9 Å². The van der Waals surface area contributed by atoms with Gasteiger partial charge >= 0.3 is 5.97 Å². The van der Waals surface area contributed by atoms with Gasteiger partial charge in [-0.15, -0.1) is 5.10 Å². The van der Waals surface area contributed by atoms with Gasteiger partial charge in [0.15, 0.2) is 5.82 Å². The highest BCUT2D eigenvalue weighted by atomic mass is 35.5. The van der Waals surface area contributed by atoms with Gasteiger partial charge in [0.25, 0.3) is 0 Å². The van der Waals surface area contributed by atoms with E-state index in [9.17, 15) is 9.90 Å². The highest BCUT2D eigenvalue weighted by Crippen LogP contribution is 2.41. The second-order valence-electron chi connectivity index (χ2n) is 7.39. The fourth-order valence-electron chi connectivity index (χ4n) is 3.98. The molecule has 1 fully saturated rings. The lowest BCUT2D eigenvalue weighted by Crippen LogP contribution is -2.39. The molecule has 0 spiro atoms. The number of halogens is 1. The first-order valence-electron chi connectivity index (χ1n) is 10.2. The predicted molar refractivity (Wildman–Crippen MR) is 116 cm³/mol. The number of nitrogens with zero attached hydrogens (tertiary/aromatic N) is 4. The molecule has 30 heavy (non-hydrogen) atoms. The molecule has 9 heteroatoms. The molecule has 160 valence electrons. The van der Waals surface area contributed by atoms with Crippen LogP contribution in [-0.2, 0) is 16.0 Å². The molecule has 1 N–H and O–H groups in total. The summed E-state index contributed by atoms with van der Waals surface area (Å²) in [6, 6.07) is 7.51. The van der Waals surface area contributed by atoms with E-state index in [1.807, 2.05) is 38.1 Å². The normalized spacial score (nSPS) is 16.8. The van der Waals surface area contributed by atoms with Crippen molar-refractivity contribution < 1.29 is 14.6 Å². The lowest BCUT2D eigenvalue weighted by atomic mass is 9.93. The Morgan fingerprint density at radius 2 is 2.13 bits per heavy atom. The molecular weight excluding hydrogens is 424 g/mol. The van der Waals surface area contributed by atoms with Crippen LogP contribution in [0.2, 0.25) is 5.02 Å². The maximum atomic E-state index is 12.1. The summed E-state index contributed by atoms with van der Waals surface area (Å²) in [7, 11) is 0. The average molecular weight is 449 g/mol. The van der Waals surface area contributed by atoms with E-state index in [-0.39, 0.29) is 23.8 Å². The Kier molecular flexibility index (Phi) is 6.26. The second kappa shape index (κ2) is 8.91. The molecular formula is C21H25ClN4O3S. The summed E-state index contributed by atoms with van der Waals surface area (Å²) in [5, 5.41) is 16.0. The molecule has 1 atom stereocenters. The number of ether oxygens (including phenoxy) is 1. The third-order valence-electron chi connectivity index (χ3n) is 5.49. The first-order chi connectivity index (χ1) is 14.5. The number of hydrogen-bond donors (Lipinski definition) is 1. The number of likely N-dealkylation sites (tertiary alicyclic amines) is 1. The summed E-state index contributed by atoms with van der Waals surface area (Å²) in [5.41, 5.74) is 0.993. The Balaban J connectivity index is 1.67. The van der Waals surface area contributed by atoms with E-state index < -0.39 is 0 Å². The van der Waals surface area contributed by atoms with Gasteiger partial charge in [-0.3, -0.25) is 9.69 Å². The molecule has 2 aromatic heterocycles. The number of fused-ring (bicyclic) bond motifs is 1. The van der Waals surface area contributed by atoms with Gasteiger partial charge in [-0.25, -0.2) is 4.98 Å². The Morgan fingerprint density at radius 1 is 1.37 bits per heavy atom. The maximum absolute atomic E-state index is 12.1. The van der Waals surface area contributed by atoms with Crippen LogP contribution in [0.1, 0.15) is 49.0 Å². The Labute approximate surface area is 184 Å². The molecule has 1 unspecified atom stereocenters. The van der Waals surface area contributed by atoms with Crippen LogP contribution in [0.5, 0.6) is 5.88 Å². The van der Waals surface area contributed by atoms with E-state index in [2.05, 4.69) is 15.0 Å². The summed E-state index contributed by atoms with van der Waals surface area (Å²) >= 11 is 7.72. The smallest absolute Gasteiger partial charge is 0.309 e. The third-order valence-corrected chi connectivity index (χ3v) is 6.79. The highest BCUT2D eigenvalue weighted by Gasteiger charge is 2.34. The SMILES string of the molecule is CCOC(=O)C1CCN(C(c2cccc(Cl)c2)c2sc3nc(CC)nn3c2O)CC1. The number of aromatic hydroxyl groups is 1. The van der Waals surface area contributed by atoms with Crippen LogP contribution in [0, 0.1) is 5.92 Å². The maximum Gasteiger partial charge on any atom is 0.309 e. The molecule has 0 radical (unpaired) electrons. The highest BCUT2D eigenvalue weighted by molar-refractivity contribution is 7.17. The first kappa shape index (κ1) is 21.1. The minimum Gasteiger partial charge on any atom is -0.492 e. The number of carbonyl (C=O) groups is 1. The largest absolute Gasteiger partial charge is 0.492 e. The first-order valence-corrected chi connectivity index (χ1v) is 11.4. The number of hydrogen-bond acceptors (Lipinski definition) is 7. The van der Waals surface area contributed by atoms with Crippen LogP contribution in [0.25, 0.3) is 4.96 Å². The van der Waals surface area contributed by atoms with E-state index >= 15 is 0 Å². The zero-order valence-corrected chi connectivity index (χ0v) is 18.6. The Hall–Kier alpha value is -2.16. The van der Waals surface area contributed by atoms with Crippen LogP contribution >= 0.6 is 22.9 Å². The molecule has 7 nitrogen and oxygen atoms in total. The van der Waals surface area contributed by atoms with Crippen molar-refractivity contribution in [1.82, 2.24) is 19.5 Å². The van der Waals surface area contributed by atoms with Gasteiger partial charge in [0.05, 0.1) is 23.4 Å². The lowest BCUT2D eigenvalue weighted by Gasteiger charge is -2.36. The van der Waals surface area contributed by atoms with E-state index in [1.54, 1.807) is 0 Å². The van der Waals surface area contributed by atoms with Crippen LogP contribution in [-0.4, -0.2) is 50.3 Å². The Bertz CT molecular complexity index is 1040.